The van der Waals surface area contributed by atoms with Crippen molar-refractivity contribution in [2.24, 2.45) is 65.1 Å². The second-order valence-corrected chi connectivity index (χ2v) is 35.6. The lowest BCUT2D eigenvalue weighted by Gasteiger charge is -2.48. The molecule has 64 heavy (non-hydrogen) atoms. The van der Waals surface area contributed by atoms with E-state index in [1.54, 1.807) is 0 Å². The Morgan fingerprint density at radius 2 is 0.578 bits per heavy atom. The van der Waals surface area contributed by atoms with Crippen LogP contribution in [0.25, 0.3) is 0 Å². The lowest BCUT2D eigenvalue weighted by atomic mass is 9.61. The molecule has 12 unspecified atom stereocenters. The van der Waals surface area contributed by atoms with Crippen LogP contribution in [0.1, 0.15) is 116 Å². The fourth-order valence-electron chi connectivity index (χ4n) is 13.2. The van der Waals surface area contributed by atoms with Gasteiger partial charge in [-0.2, -0.15) is 0 Å². The molecule has 0 aromatic rings. The molecule has 12 atom stereocenters. The number of hydrogen-bond donors (Lipinski definition) is 16. The maximum Gasteiger partial charge on any atom is 0.492 e. The first-order chi connectivity index (χ1) is 29.4. The smallest absolute Gasteiger partial charge is 0.393 e. The largest absolute Gasteiger partial charge is 0.492 e. The number of hydrogen-bond acceptors (Lipinski definition) is 19. The van der Waals surface area contributed by atoms with E-state index in [4.69, 9.17) is 12.3 Å². The number of fused-ring (bicyclic) bond motifs is 8. The molecule has 5 saturated carbocycles. The molecule has 5 aliphatic carbocycles. The van der Waals surface area contributed by atoms with Crippen LogP contribution in [0.4, 0.5) is 0 Å². The number of rotatable bonds is 18. The van der Waals surface area contributed by atoms with Gasteiger partial charge in [-0.25, -0.2) is 0 Å². The van der Waals surface area contributed by atoms with Crippen LogP contribution in [-0.2, 0) is 12.3 Å². The molecule has 0 heterocycles. The van der Waals surface area contributed by atoms with Crippen molar-refractivity contribution in [2.45, 2.75) is 178 Å². The van der Waals surface area contributed by atoms with Crippen LogP contribution in [0.5, 0.6) is 0 Å². The second-order valence-electron chi connectivity index (χ2n) is 21.6. The third-order valence-corrected chi connectivity index (χ3v) is 26.8. The van der Waals surface area contributed by atoms with E-state index in [0.29, 0.717) is 96.3 Å². The maximum atomic E-state index is 12.4. The van der Waals surface area contributed by atoms with Gasteiger partial charge in [0.2, 0.25) is 0 Å². The van der Waals surface area contributed by atoms with Gasteiger partial charge >= 0.3 is 52.8 Å². The molecule has 19 nitrogen and oxygen atoms in total. The summed E-state index contributed by atoms with van der Waals surface area (Å²) in [6.45, 7) is 3.00. The van der Waals surface area contributed by atoms with Gasteiger partial charge in [0.1, 0.15) is 0 Å². The zero-order chi connectivity index (χ0) is 47.6. The predicted molar refractivity (Wildman–Crippen MR) is 242 cm³/mol. The molecule has 0 aromatic heterocycles. The standard InChI is InChI=1S/C39H82O19Si6/c1-59(44,45)56-64(57-60(2,46)47,58-61(3,48)49)14-6-9-27-19-34-23-32-17-25(7-4-12-62(50,51)52)15-30(37(32)41)21-28-10-11-29(36(28)40)22-31-16-26(8-5-13-63(53,54)55)18-33(38(31)42)24-35(20-27)39(34)43/h25-55H,4-24H2,1-3H3. The Kier molecular flexibility index (Phi) is 19.3. The van der Waals surface area contributed by atoms with Crippen molar-refractivity contribution >= 4 is 52.8 Å². The van der Waals surface area contributed by atoms with E-state index >= 15 is 0 Å². The molecule has 0 spiro atoms. The summed E-state index contributed by atoms with van der Waals surface area (Å²) in [5.41, 5.74) is 0. The van der Waals surface area contributed by atoms with Crippen LogP contribution in [0.15, 0.2) is 0 Å². The zero-order valence-electron chi connectivity index (χ0n) is 37.9. The summed E-state index contributed by atoms with van der Waals surface area (Å²) in [5.74, 6) is -1.27. The molecule has 0 saturated heterocycles. The third kappa shape index (κ3) is 17.4. The van der Waals surface area contributed by atoms with Crippen molar-refractivity contribution < 1.29 is 90.3 Å². The molecule has 0 aliphatic heterocycles. The van der Waals surface area contributed by atoms with Crippen LogP contribution < -0.4 is 0 Å². The van der Waals surface area contributed by atoms with Gasteiger partial charge in [-0.1, -0.05) is 19.3 Å². The average Bonchev–Trinajstić information content (AvgIpc) is 3.44. The minimum atomic E-state index is -4.55. The van der Waals surface area contributed by atoms with Crippen molar-refractivity contribution in [3.05, 3.63) is 0 Å². The SMILES string of the molecule is C[Si](O)(O)O[Si](CCCC1CC2CC3CC(CCC[Si](O)(O)O)CC(CC4CCC(CC5CC(CCC[Si](O)(O)O)CC(CC(C1)C2O)C5O)C4O)C3O)(O[Si](C)(O)O)O[Si](C)(O)O. The summed E-state index contributed by atoms with van der Waals surface area (Å²) in [6.07, 6.45) is 7.39. The van der Waals surface area contributed by atoms with Crippen LogP contribution in [-0.4, -0.2) is 155 Å². The predicted octanol–water partition coefficient (Wildman–Crippen LogP) is -0.222. The van der Waals surface area contributed by atoms with E-state index in [1.807, 2.05) is 0 Å². The van der Waals surface area contributed by atoms with Gasteiger partial charge in [0.25, 0.3) is 0 Å². The van der Waals surface area contributed by atoms with Gasteiger partial charge in [0.05, 0.1) is 24.4 Å². The lowest BCUT2D eigenvalue weighted by Crippen LogP contribution is -2.64. The number of aliphatic hydroxyl groups excluding tert-OH is 4. The fourth-order valence-corrected chi connectivity index (χ4v) is 25.1. The van der Waals surface area contributed by atoms with E-state index in [1.165, 1.54) is 0 Å². The molecule has 376 valence electrons. The van der Waals surface area contributed by atoms with Gasteiger partial charge in [-0.05, 0) is 161 Å². The van der Waals surface area contributed by atoms with E-state index in [-0.39, 0.29) is 89.7 Å². The van der Waals surface area contributed by atoms with E-state index in [2.05, 4.69) is 0 Å². The highest BCUT2D eigenvalue weighted by molar-refractivity contribution is 6.83. The molecule has 5 aliphatic rings. The molecule has 25 heteroatoms. The Bertz CT molecular complexity index is 1330. The monoisotopic (exact) mass is 1020 g/mol. The molecule has 16 N–H and O–H groups in total. The highest BCUT2D eigenvalue weighted by Gasteiger charge is 2.56. The van der Waals surface area contributed by atoms with E-state index in [0.717, 1.165) is 32.5 Å². The van der Waals surface area contributed by atoms with Crippen LogP contribution >= 0.6 is 0 Å². The van der Waals surface area contributed by atoms with Crippen molar-refractivity contribution in [1.82, 2.24) is 0 Å². The summed E-state index contributed by atoms with van der Waals surface area (Å²) in [6, 6.07) is -0.381. The van der Waals surface area contributed by atoms with Crippen LogP contribution in [0.2, 0.25) is 37.8 Å². The summed E-state index contributed by atoms with van der Waals surface area (Å²) >= 11 is 0. The van der Waals surface area contributed by atoms with Gasteiger partial charge < -0.3 is 90.3 Å². The van der Waals surface area contributed by atoms with Crippen molar-refractivity contribution in [3.8, 4) is 0 Å². The summed E-state index contributed by atoms with van der Waals surface area (Å²) < 4.78 is 16.6. The normalized spacial score (nSPS) is 37.5. The van der Waals surface area contributed by atoms with Gasteiger partial charge in [0.15, 0.2) is 0 Å². The molecule has 8 bridgehead atoms. The highest BCUT2D eigenvalue weighted by Crippen LogP contribution is 2.52. The van der Waals surface area contributed by atoms with Gasteiger partial charge in [-0.3, -0.25) is 0 Å². The Morgan fingerprint density at radius 3 is 0.828 bits per heavy atom. The molecular weight excluding hydrogens is 941 g/mol. The first-order valence-electron chi connectivity index (χ1n) is 23.9. The quantitative estimate of drug-likeness (QED) is 0.0789. The second kappa shape index (κ2) is 22.3. The van der Waals surface area contributed by atoms with Crippen LogP contribution in [0, 0.1) is 65.1 Å². The Balaban J connectivity index is 1.45. The maximum absolute atomic E-state index is 12.4. The molecule has 0 aromatic carbocycles. The summed E-state index contributed by atoms with van der Waals surface area (Å²) in [7, 11) is -26.6. The average molecular weight is 1020 g/mol. The van der Waals surface area contributed by atoms with Gasteiger partial charge in [0, 0.05) is 37.8 Å². The first-order valence-corrected chi connectivity index (χ1v) is 36.8. The molecule has 5 fully saturated rings. The Hall–Kier alpha value is 0.541. The van der Waals surface area contributed by atoms with E-state index in [9.17, 15) is 78.0 Å². The summed E-state index contributed by atoms with van der Waals surface area (Å²) in [5, 5.41) is 48.5. The lowest BCUT2D eigenvalue weighted by molar-refractivity contribution is -0.0818. The number of aliphatic hydroxyl groups is 4. The van der Waals surface area contributed by atoms with E-state index < -0.39 is 77.2 Å². The molecular formula is C39H82O19Si6. The first kappa shape index (κ1) is 55.5. The highest BCUT2D eigenvalue weighted by atomic mass is 28.5. The van der Waals surface area contributed by atoms with Crippen molar-refractivity contribution in [3.63, 3.8) is 0 Å². The Labute approximate surface area is 384 Å². The summed E-state index contributed by atoms with van der Waals surface area (Å²) in [4.78, 5) is 121. The topological polar surface area (TPSA) is 351 Å². The molecule has 5 rings (SSSR count). The molecule has 0 radical (unpaired) electrons. The minimum absolute atomic E-state index is 0.0540. The van der Waals surface area contributed by atoms with Crippen molar-refractivity contribution in [2.75, 3.05) is 0 Å². The van der Waals surface area contributed by atoms with Crippen LogP contribution in [0.3, 0.4) is 0 Å². The van der Waals surface area contributed by atoms with Crippen molar-refractivity contribution in [1.29, 1.82) is 0 Å². The zero-order valence-corrected chi connectivity index (χ0v) is 43.9. The Morgan fingerprint density at radius 1 is 0.344 bits per heavy atom. The third-order valence-electron chi connectivity index (χ3n) is 15.4. The van der Waals surface area contributed by atoms with Gasteiger partial charge in [-0.15, -0.1) is 0 Å². The minimum Gasteiger partial charge on any atom is -0.393 e. The molecule has 0 amide bonds. The fraction of sp³-hybridized carbons (Fsp3) is 1.00.